The van der Waals surface area contributed by atoms with Crippen molar-refractivity contribution >= 4 is 10.0 Å². The molecule has 2 atom stereocenters. The maximum absolute atomic E-state index is 12.4. The zero-order valence-electron chi connectivity index (χ0n) is 15.3. The molecular formula is C17H23F3N4O3S. The van der Waals surface area contributed by atoms with Crippen LogP contribution >= 0.6 is 0 Å². The van der Waals surface area contributed by atoms with Crippen LogP contribution in [0.1, 0.15) is 37.3 Å². The highest BCUT2D eigenvalue weighted by Gasteiger charge is 2.41. The molecule has 1 aliphatic carbocycles. The molecule has 2 saturated heterocycles. The van der Waals surface area contributed by atoms with Gasteiger partial charge in [0.1, 0.15) is 6.10 Å². The van der Waals surface area contributed by atoms with Gasteiger partial charge in [-0.2, -0.15) is 17.5 Å². The maximum atomic E-state index is 12.4. The molecule has 0 unspecified atom stereocenters. The summed E-state index contributed by atoms with van der Waals surface area (Å²) in [6.07, 6.45) is 0.343. The van der Waals surface area contributed by atoms with Crippen molar-refractivity contribution in [3.05, 3.63) is 18.1 Å². The summed E-state index contributed by atoms with van der Waals surface area (Å²) in [4.78, 5) is 10.8. The number of aromatic nitrogens is 2. The number of halogens is 3. The van der Waals surface area contributed by atoms with Gasteiger partial charge in [0, 0.05) is 44.6 Å². The van der Waals surface area contributed by atoms with Crippen LogP contribution < -0.4 is 4.74 Å². The molecule has 4 rings (SSSR count). The van der Waals surface area contributed by atoms with E-state index in [1.807, 2.05) is 0 Å². The van der Waals surface area contributed by atoms with Crippen molar-refractivity contribution in [2.45, 2.75) is 49.9 Å². The number of hydrogen-bond donors (Lipinski definition) is 0. The number of rotatable bonds is 6. The first-order valence-corrected chi connectivity index (χ1v) is 11.1. The molecule has 3 fully saturated rings. The highest BCUT2D eigenvalue weighted by molar-refractivity contribution is 7.89. The van der Waals surface area contributed by atoms with Crippen LogP contribution in [0.25, 0.3) is 0 Å². The molecule has 156 valence electrons. The number of hydrogen-bond acceptors (Lipinski definition) is 6. The maximum Gasteiger partial charge on any atom is 0.390 e. The SMILES string of the molecule is O=S(=O)(CCC(F)(F)F)N1CCN2C[C@H](Oc3cnc(C4CC4)cn3)C[C@H]2C1. The minimum Gasteiger partial charge on any atom is -0.472 e. The van der Waals surface area contributed by atoms with Crippen molar-refractivity contribution in [3.8, 4) is 5.88 Å². The first kappa shape index (κ1) is 19.8. The van der Waals surface area contributed by atoms with Gasteiger partial charge in [-0.05, 0) is 12.8 Å². The van der Waals surface area contributed by atoms with E-state index in [2.05, 4.69) is 14.9 Å². The first-order chi connectivity index (χ1) is 13.2. The molecule has 28 heavy (non-hydrogen) atoms. The Morgan fingerprint density at radius 1 is 1.14 bits per heavy atom. The molecule has 3 aliphatic rings. The number of nitrogens with zero attached hydrogens (tertiary/aromatic N) is 4. The van der Waals surface area contributed by atoms with Crippen molar-refractivity contribution in [3.63, 3.8) is 0 Å². The molecule has 3 heterocycles. The number of ether oxygens (including phenoxy) is 1. The molecule has 7 nitrogen and oxygen atoms in total. The highest BCUT2D eigenvalue weighted by atomic mass is 32.2. The summed E-state index contributed by atoms with van der Waals surface area (Å²) in [5.74, 6) is 0.0719. The molecule has 0 radical (unpaired) electrons. The summed E-state index contributed by atoms with van der Waals surface area (Å²) < 4.78 is 68.7. The zero-order chi connectivity index (χ0) is 19.9. The van der Waals surface area contributed by atoms with Crippen molar-refractivity contribution in [1.29, 1.82) is 0 Å². The largest absolute Gasteiger partial charge is 0.472 e. The van der Waals surface area contributed by atoms with Crippen LogP contribution in [-0.4, -0.2) is 77.8 Å². The topological polar surface area (TPSA) is 75.6 Å². The molecule has 1 saturated carbocycles. The van der Waals surface area contributed by atoms with Crippen LogP contribution in [0.5, 0.6) is 5.88 Å². The Morgan fingerprint density at radius 3 is 2.57 bits per heavy atom. The Labute approximate surface area is 161 Å². The van der Waals surface area contributed by atoms with Crippen molar-refractivity contribution in [1.82, 2.24) is 19.2 Å². The monoisotopic (exact) mass is 420 g/mol. The van der Waals surface area contributed by atoms with Gasteiger partial charge in [0.25, 0.3) is 0 Å². The molecule has 1 aromatic rings. The summed E-state index contributed by atoms with van der Waals surface area (Å²) in [6.45, 7) is 1.54. The summed E-state index contributed by atoms with van der Waals surface area (Å²) in [6, 6.07) is -0.0573. The number of fused-ring (bicyclic) bond motifs is 1. The van der Waals surface area contributed by atoms with Crippen LogP contribution in [0.4, 0.5) is 13.2 Å². The molecule has 0 aromatic carbocycles. The second-order valence-corrected chi connectivity index (χ2v) is 9.81. The van der Waals surface area contributed by atoms with E-state index in [1.165, 1.54) is 4.31 Å². The predicted octanol–water partition coefficient (Wildman–Crippen LogP) is 1.77. The van der Waals surface area contributed by atoms with Crippen molar-refractivity contribution in [2.75, 3.05) is 31.9 Å². The lowest BCUT2D eigenvalue weighted by atomic mass is 10.2. The number of piperazine rings is 1. The number of sulfonamides is 1. The van der Waals surface area contributed by atoms with Gasteiger partial charge in [-0.15, -0.1) is 0 Å². The fourth-order valence-electron chi connectivity index (χ4n) is 3.83. The summed E-state index contributed by atoms with van der Waals surface area (Å²) >= 11 is 0. The zero-order valence-corrected chi connectivity index (χ0v) is 16.1. The van der Waals surface area contributed by atoms with Gasteiger partial charge in [0.15, 0.2) is 0 Å². The van der Waals surface area contributed by atoms with E-state index in [0.29, 0.717) is 31.3 Å². The van der Waals surface area contributed by atoms with Crippen LogP contribution in [0.3, 0.4) is 0 Å². The van der Waals surface area contributed by atoms with Gasteiger partial charge >= 0.3 is 6.18 Å². The molecule has 0 amide bonds. The second-order valence-electron chi connectivity index (χ2n) is 7.72. The summed E-state index contributed by atoms with van der Waals surface area (Å²) in [5, 5.41) is 0. The van der Waals surface area contributed by atoms with Crippen LogP contribution in [0.15, 0.2) is 12.4 Å². The second kappa shape index (κ2) is 7.42. The Bertz CT molecular complexity index is 799. The van der Waals surface area contributed by atoms with E-state index < -0.39 is 28.4 Å². The average Bonchev–Trinajstić information content (AvgIpc) is 3.40. The number of alkyl halides is 3. The molecule has 11 heteroatoms. The Hall–Kier alpha value is -1.46. The third kappa shape index (κ3) is 4.74. The van der Waals surface area contributed by atoms with E-state index in [-0.39, 0.29) is 25.2 Å². The summed E-state index contributed by atoms with van der Waals surface area (Å²) in [7, 11) is -3.92. The molecule has 0 spiro atoms. The Morgan fingerprint density at radius 2 is 1.93 bits per heavy atom. The Kier molecular flexibility index (Phi) is 5.25. The lowest BCUT2D eigenvalue weighted by Crippen LogP contribution is -2.52. The van der Waals surface area contributed by atoms with Gasteiger partial charge < -0.3 is 4.74 Å². The Balaban J connectivity index is 1.31. The normalized spacial score (nSPS) is 27.0. The van der Waals surface area contributed by atoms with Crippen LogP contribution in [0, 0.1) is 0 Å². The van der Waals surface area contributed by atoms with Gasteiger partial charge in [-0.3, -0.25) is 9.88 Å². The smallest absolute Gasteiger partial charge is 0.390 e. The molecule has 2 aliphatic heterocycles. The van der Waals surface area contributed by atoms with E-state index >= 15 is 0 Å². The average molecular weight is 420 g/mol. The highest BCUT2D eigenvalue weighted by Crippen LogP contribution is 2.38. The van der Waals surface area contributed by atoms with E-state index in [4.69, 9.17) is 4.74 Å². The molecular weight excluding hydrogens is 397 g/mol. The van der Waals surface area contributed by atoms with Gasteiger partial charge in [-0.25, -0.2) is 13.4 Å². The fourth-order valence-corrected chi connectivity index (χ4v) is 5.33. The molecule has 1 aromatic heterocycles. The van der Waals surface area contributed by atoms with Crippen LogP contribution in [-0.2, 0) is 10.0 Å². The third-order valence-corrected chi connectivity index (χ3v) is 7.35. The van der Waals surface area contributed by atoms with Gasteiger partial charge in [-0.1, -0.05) is 0 Å². The standard InChI is InChI=1S/C17H23F3N4O3S/c18-17(19,20)3-6-28(25,26)24-5-4-23-11-14(7-13(23)10-24)27-16-9-21-15(8-22-16)12-1-2-12/h8-9,12-14H,1-7,10-11H2/t13-,14+/m0/s1. The first-order valence-electron chi connectivity index (χ1n) is 9.47. The third-order valence-electron chi connectivity index (χ3n) is 5.51. The lowest BCUT2D eigenvalue weighted by Gasteiger charge is -2.36. The van der Waals surface area contributed by atoms with E-state index in [0.717, 1.165) is 18.5 Å². The molecule has 0 bridgehead atoms. The van der Waals surface area contributed by atoms with Gasteiger partial charge in [0.05, 0.1) is 30.3 Å². The van der Waals surface area contributed by atoms with Crippen LogP contribution in [0.2, 0.25) is 0 Å². The fraction of sp³-hybridized carbons (Fsp3) is 0.765. The van der Waals surface area contributed by atoms with Crippen molar-refractivity contribution < 1.29 is 26.3 Å². The minimum absolute atomic E-state index is 0.0573. The van der Waals surface area contributed by atoms with E-state index in [1.54, 1.807) is 12.4 Å². The predicted molar refractivity (Wildman–Crippen MR) is 94.4 cm³/mol. The molecule has 0 N–H and O–H groups in total. The lowest BCUT2D eigenvalue weighted by molar-refractivity contribution is -0.130. The summed E-state index contributed by atoms with van der Waals surface area (Å²) in [5.41, 5.74) is 0.982. The minimum atomic E-state index is -4.47. The quantitative estimate of drug-likeness (QED) is 0.698. The van der Waals surface area contributed by atoms with Crippen molar-refractivity contribution in [2.24, 2.45) is 0 Å². The van der Waals surface area contributed by atoms with E-state index in [9.17, 15) is 21.6 Å². The van der Waals surface area contributed by atoms with Gasteiger partial charge in [0.2, 0.25) is 15.9 Å².